The molecule has 10 aromatic carbocycles. The summed E-state index contributed by atoms with van der Waals surface area (Å²) in [6, 6.07) is 87.1. The van der Waals surface area contributed by atoms with Gasteiger partial charge in [0.2, 0.25) is 0 Å². The molecule has 0 amide bonds. The van der Waals surface area contributed by atoms with Crippen molar-refractivity contribution in [2.24, 2.45) is 0 Å². The Labute approximate surface area is 383 Å². The third kappa shape index (κ3) is 6.15. The second-order valence-corrected chi connectivity index (χ2v) is 16.9. The van der Waals surface area contributed by atoms with Crippen LogP contribution in [0, 0.1) is 0 Å². The molecule has 2 aromatic heterocycles. The topological polar surface area (TPSA) is 34.0 Å². The first-order chi connectivity index (χ1) is 32.7. The van der Waals surface area contributed by atoms with Crippen LogP contribution in [0.4, 0.5) is 17.1 Å². The van der Waals surface area contributed by atoms with Crippen molar-refractivity contribution in [2.45, 2.75) is 0 Å². The van der Waals surface area contributed by atoms with E-state index in [-0.39, 0.29) is 0 Å². The van der Waals surface area contributed by atoms with Gasteiger partial charge < -0.3 is 9.47 Å². The van der Waals surface area contributed by atoms with Gasteiger partial charge >= 0.3 is 0 Å². The van der Waals surface area contributed by atoms with Gasteiger partial charge in [-0.1, -0.05) is 194 Å². The predicted molar refractivity (Wildman–Crippen MR) is 275 cm³/mol. The molecule has 4 nitrogen and oxygen atoms in total. The number of nitrogens with zero attached hydrogens (tertiary/aromatic N) is 4. The van der Waals surface area contributed by atoms with Crippen molar-refractivity contribution in [1.29, 1.82) is 0 Å². The van der Waals surface area contributed by atoms with Crippen molar-refractivity contribution in [3.8, 4) is 73.1 Å². The molecule has 1 aliphatic rings. The highest BCUT2D eigenvalue weighted by Crippen LogP contribution is 2.55. The molecule has 308 valence electrons. The van der Waals surface area contributed by atoms with E-state index in [0.29, 0.717) is 5.82 Å². The summed E-state index contributed by atoms with van der Waals surface area (Å²) in [4.78, 5) is 12.6. The van der Waals surface area contributed by atoms with Crippen molar-refractivity contribution in [1.82, 2.24) is 14.5 Å². The maximum absolute atomic E-state index is 5.14. The van der Waals surface area contributed by atoms with E-state index in [1.54, 1.807) is 0 Å². The van der Waals surface area contributed by atoms with E-state index in [9.17, 15) is 0 Å². The monoisotopic (exact) mass is 840 g/mol. The van der Waals surface area contributed by atoms with E-state index in [2.05, 4.69) is 228 Å². The van der Waals surface area contributed by atoms with E-state index >= 15 is 0 Å². The number of fused-ring (bicyclic) bond motifs is 9. The zero-order valence-corrected chi connectivity index (χ0v) is 35.9. The normalized spacial score (nSPS) is 11.9. The van der Waals surface area contributed by atoms with Crippen LogP contribution in [0.15, 0.2) is 243 Å². The highest BCUT2D eigenvalue weighted by molar-refractivity contribution is 6.14. The van der Waals surface area contributed by atoms with Gasteiger partial charge in [0.1, 0.15) is 0 Å². The molecule has 0 aliphatic carbocycles. The molecular weight excluding hydrogens is 801 g/mol. The minimum absolute atomic E-state index is 0.708. The van der Waals surface area contributed by atoms with Crippen LogP contribution in [0.5, 0.6) is 0 Å². The molecule has 0 bridgehead atoms. The first-order valence-electron chi connectivity index (χ1n) is 22.5. The van der Waals surface area contributed by atoms with Crippen LogP contribution in [0.3, 0.4) is 0 Å². The van der Waals surface area contributed by atoms with Crippen LogP contribution in [0.25, 0.3) is 106 Å². The predicted octanol–water partition coefficient (Wildman–Crippen LogP) is 16.5. The van der Waals surface area contributed by atoms with Crippen molar-refractivity contribution in [3.05, 3.63) is 243 Å². The third-order valence-corrected chi connectivity index (χ3v) is 13.1. The molecule has 4 heteroatoms. The van der Waals surface area contributed by atoms with Gasteiger partial charge in [-0.3, -0.25) is 0 Å². The second-order valence-electron chi connectivity index (χ2n) is 16.9. The number of para-hydroxylation sites is 3. The second kappa shape index (κ2) is 15.4. The van der Waals surface area contributed by atoms with Crippen molar-refractivity contribution < 1.29 is 0 Å². The molecule has 0 radical (unpaired) electrons. The van der Waals surface area contributed by atoms with Crippen LogP contribution < -0.4 is 4.90 Å². The van der Waals surface area contributed by atoms with E-state index in [1.165, 1.54) is 55.2 Å². The van der Waals surface area contributed by atoms with Crippen molar-refractivity contribution in [2.75, 3.05) is 4.90 Å². The lowest BCUT2D eigenvalue weighted by Gasteiger charge is -2.28. The Bertz CT molecular complexity index is 3760. The van der Waals surface area contributed by atoms with Gasteiger partial charge in [-0.15, -0.1) is 0 Å². The highest BCUT2D eigenvalue weighted by atomic mass is 15.2. The minimum Gasteiger partial charge on any atom is -0.309 e. The van der Waals surface area contributed by atoms with E-state index < -0.39 is 0 Å². The molecule has 0 spiro atoms. The fourth-order valence-electron chi connectivity index (χ4n) is 10.1. The average molecular weight is 841 g/mol. The molecular formula is C62H40N4. The fraction of sp³-hybridized carbons (Fsp3) is 0. The largest absolute Gasteiger partial charge is 0.309 e. The van der Waals surface area contributed by atoms with E-state index in [0.717, 1.165) is 61.6 Å². The van der Waals surface area contributed by atoms with Gasteiger partial charge in [-0.25, -0.2) is 9.97 Å². The molecule has 0 N–H and O–H groups in total. The maximum atomic E-state index is 5.14. The average Bonchev–Trinajstić information content (AvgIpc) is 3.67. The number of hydrogen-bond donors (Lipinski definition) is 0. The Hall–Kier alpha value is -8.86. The van der Waals surface area contributed by atoms with Gasteiger partial charge in [-0.2, -0.15) is 0 Å². The molecule has 0 fully saturated rings. The van der Waals surface area contributed by atoms with Crippen LogP contribution in [-0.4, -0.2) is 14.5 Å². The van der Waals surface area contributed by atoms with Gasteiger partial charge in [0.25, 0.3) is 0 Å². The lowest BCUT2D eigenvalue weighted by molar-refractivity contribution is 1.15. The fourth-order valence-corrected chi connectivity index (χ4v) is 10.1. The van der Waals surface area contributed by atoms with Gasteiger partial charge in [0.05, 0.1) is 39.7 Å². The zero-order valence-electron chi connectivity index (χ0n) is 35.9. The molecule has 0 unspecified atom stereocenters. The number of aromatic nitrogens is 3. The number of anilines is 3. The van der Waals surface area contributed by atoms with Gasteiger partial charge in [0, 0.05) is 49.8 Å². The lowest BCUT2D eigenvalue weighted by Crippen LogP contribution is -2.11. The summed E-state index contributed by atoms with van der Waals surface area (Å²) < 4.78 is 2.52. The lowest BCUT2D eigenvalue weighted by atomic mass is 9.96. The zero-order chi connectivity index (χ0) is 43.6. The molecule has 12 aromatic rings. The standard InChI is InChI=1S/C62H40N4/c1-4-18-41(19-5-1)48-36-37-59(50-25-11-10-24-49(48)50)66-57-30-16-13-27-52(57)60-51-26-12-15-29-56(51)65(58-31-17-14-28-53(58)61(60)66)47-35-34-44-38-46(33-32-45(44)39-47)55-40-54(42-20-6-2-7-21-42)63-62(64-55)43-22-8-3-9-23-43/h1-40H. The summed E-state index contributed by atoms with van der Waals surface area (Å²) in [5, 5.41) is 5.94. The van der Waals surface area contributed by atoms with Crippen LogP contribution in [0.2, 0.25) is 0 Å². The summed E-state index contributed by atoms with van der Waals surface area (Å²) in [6.07, 6.45) is 0. The van der Waals surface area contributed by atoms with Crippen molar-refractivity contribution in [3.63, 3.8) is 0 Å². The molecule has 1 aliphatic heterocycles. The Kier molecular flexibility index (Phi) is 8.81. The summed E-state index contributed by atoms with van der Waals surface area (Å²) >= 11 is 0. The van der Waals surface area contributed by atoms with Gasteiger partial charge in [0.15, 0.2) is 5.82 Å². The third-order valence-electron chi connectivity index (χ3n) is 13.1. The molecule has 66 heavy (non-hydrogen) atoms. The molecule has 13 rings (SSSR count). The van der Waals surface area contributed by atoms with Crippen LogP contribution in [0.1, 0.15) is 0 Å². The Morgan fingerprint density at radius 2 is 0.879 bits per heavy atom. The first kappa shape index (κ1) is 37.7. The summed E-state index contributed by atoms with van der Waals surface area (Å²) in [5.41, 5.74) is 17.7. The van der Waals surface area contributed by atoms with Crippen LogP contribution >= 0.6 is 0 Å². The summed E-state index contributed by atoms with van der Waals surface area (Å²) in [7, 11) is 0. The van der Waals surface area contributed by atoms with Gasteiger partial charge in [-0.05, 0) is 75.8 Å². The molecule has 0 saturated carbocycles. The first-order valence-corrected chi connectivity index (χ1v) is 22.5. The molecule has 0 saturated heterocycles. The Balaban J connectivity index is 0.982. The number of hydrogen-bond acceptors (Lipinski definition) is 3. The Morgan fingerprint density at radius 3 is 1.64 bits per heavy atom. The summed E-state index contributed by atoms with van der Waals surface area (Å²) in [6.45, 7) is 0. The molecule has 3 heterocycles. The number of rotatable bonds is 6. The smallest absolute Gasteiger partial charge is 0.160 e. The summed E-state index contributed by atoms with van der Waals surface area (Å²) in [5.74, 6) is 0.708. The van der Waals surface area contributed by atoms with E-state index in [1.807, 2.05) is 24.3 Å². The van der Waals surface area contributed by atoms with Crippen LogP contribution in [-0.2, 0) is 0 Å². The van der Waals surface area contributed by atoms with E-state index in [4.69, 9.17) is 9.97 Å². The van der Waals surface area contributed by atoms with Crippen molar-refractivity contribution >= 4 is 49.5 Å². The number of benzene rings is 10. The minimum atomic E-state index is 0.708. The maximum Gasteiger partial charge on any atom is 0.160 e. The quantitative estimate of drug-likeness (QED) is 0.167. The highest BCUT2D eigenvalue weighted by Gasteiger charge is 2.32. The Morgan fingerprint density at radius 1 is 0.318 bits per heavy atom. The molecule has 0 atom stereocenters. The SMILES string of the molecule is c1ccc(-c2cc(-c3ccc4cc(N5c6ccccc6-c6c(n(-c7ccc(-c8ccccc8)c8ccccc78)c7ccccc67)-c6ccccc65)ccc4c3)nc(-c3ccccc3)n2)cc1.